The van der Waals surface area contributed by atoms with Crippen molar-refractivity contribution >= 4 is 17.6 Å². The lowest BCUT2D eigenvalue weighted by Gasteiger charge is -2.06. The van der Waals surface area contributed by atoms with Crippen molar-refractivity contribution in [2.75, 3.05) is 13.2 Å². The maximum Gasteiger partial charge on any atom is 0.339 e. The summed E-state index contributed by atoms with van der Waals surface area (Å²) in [5.41, 5.74) is 0.326. The van der Waals surface area contributed by atoms with E-state index < -0.39 is 11.8 Å². The van der Waals surface area contributed by atoms with E-state index in [1.807, 2.05) is 0 Å². The van der Waals surface area contributed by atoms with Gasteiger partial charge >= 0.3 is 5.97 Å². The number of halogens is 2. The number of rotatable bonds is 3. The molecule has 0 heterocycles. The first kappa shape index (κ1) is 11.9. The summed E-state index contributed by atoms with van der Waals surface area (Å²) in [6, 6.07) is 2.38. The minimum Gasteiger partial charge on any atom is -0.460 e. The number of hydrogen-bond acceptors (Lipinski definition) is 3. The number of aryl methyl sites for hydroxylation is 1. The van der Waals surface area contributed by atoms with Gasteiger partial charge in [-0.3, -0.25) is 0 Å². The van der Waals surface area contributed by atoms with Gasteiger partial charge in [-0.25, -0.2) is 9.18 Å². The predicted molar refractivity (Wildman–Crippen MR) is 53.5 cm³/mol. The first-order valence-corrected chi connectivity index (χ1v) is 4.67. The zero-order valence-electron chi connectivity index (χ0n) is 8.09. The third-order valence-corrected chi connectivity index (χ3v) is 2.11. The lowest BCUT2D eigenvalue weighted by molar-refractivity contribution is 0.0433. The molecule has 0 aliphatic heterocycles. The van der Waals surface area contributed by atoms with Crippen LogP contribution in [-0.4, -0.2) is 24.3 Å². The topological polar surface area (TPSA) is 46.5 Å². The van der Waals surface area contributed by atoms with Crippen molar-refractivity contribution in [3.63, 3.8) is 0 Å². The van der Waals surface area contributed by atoms with Crippen LogP contribution < -0.4 is 0 Å². The molecule has 0 fully saturated rings. The summed E-state index contributed by atoms with van der Waals surface area (Å²) >= 11 is 5.75. The Hall–Kier alpha value is -1.13. The van der Waals surface area contributed by atoms with E-state index in [2.05, 4.69) is 4.74 Å². The van der Waals surface area contributed by atoms with Crippen LogP contribution in [0.4, 0.5) is 4.39 Å². The van der Waals surface area contributed by atoms with Crippen LogP contribution in [0, 0.1) is 12.7 Å². The summed E-state index contributed by atoms with van der Waals surface area (Å²) < 4.78 is 17.7. The molecule has 3 nitrogen and oxygen atoms in total. The summed E-state index contributed by atoms with van der Waals surface area (Å²) in [4.78, 5) is 11.3. The van der Waals surface area contributed by atoms with E-state index >= 15 is 0 Å². The molecule has 0 aromatic heterocycles. The van der Waals surface area contributed by atoms with E-state index in [0.29, 0.717) is 5.56 Å². The number of benzene rings is 1. The summed E-state index contributed by atoms with van der Waals surface area (Å²) in [5, 5.41) is 8.58. The number of ether oxygens (including phenoxy) is 1. The molecule has 0 aliphatic carbocycles. The SMILES string of the molecule is Cc1cc(Cl)c(C(=O)OCCO)cc1F. The molecule has 0 radical (unpaired) electrons. The van der Waals surface area contributed by atoms with Crippen LogP contribution in [0.2, 0.25) is 5.02 Å². The normalized spacial score (nSPS) is 10.1. The van der Waals surface area contributed by atoms with Crippen molar-refractivity contribution in [1.82, 2.24) is 0 Å². The van der Waals surface area contributed by atoms with Gasteiger partial charge in [-0.05, 0) is 24.6 Å². The van der Waals surface area contributed by atoms with E-state index in [1.54, 1.807) is 6.92 Å². The first-order chi connectivity index (χ1) is 7.06. The van der Waals surface area contributed by atoms with Gasteiger partial charge in [0.05, 0.1) is 17.2 Å². The Morgan fingerprint density at radius 2 is 2.27 bits per heavy atom. The second-order valence-electron chi connectivity index (χ2n) is 2.94. The van der Waals surface area contributed by atoms with Gasteiger partial charge in [-0.1, -0.05) is 11.6 Å². The molecule has 0 amide bonds. The van der Waals surface area contributed by atoms with Crippen LogP contribution in [0.25, 0.3) is 0 Å². The molecule has 0 saturated heterocycles. The van der Waals surface area contributed by atoms with Crippen LogP contribution >= 0.6 is 11.6 Å². The molecule has 82 valence electrons. The fourth-order valence-corrected chi connectivity index (χ4v) is 1.31. The maximum absolute atomic E-state index is 13.1. The van der Waals surface area contributed by atoms with Gasteiger partial charge in [0, 0.05) is 0 Å². The van der Waals surface area contributed by atoms with Gasteiger partial charge in [0.15, 0.2) is 0 Å². The Labute approximate surface area is 91.4 Å². The molecule has 1 rings (SSSR count). The summed E-state index contributed by atoms with van der Waals surface area (Å²) in [5.74, 6) is -1.26. The quantitative estimate of drug-likeness (QED) is 0.811. The highest BCUT2D eigenvalue weighted by atomic mass is 35.5. The van der Waals surface area contributed by atoms with Crippen molar-refractivity contribution < 1.29 is 19.0 Å². The third kappa shape index (κ3) is 2.91. The molecule has 15 heavy (non-hydrogen) atoms. The molecule has 0 spiro atoms. The molecule has 1 aromatic carbocycles. The van der Waals surface area contributed by atoms with Crippen molar-refractivity contribution in [1.29, 1.82) is 0 Å². The Morgan fingerprint density at radius 3 is 2.87 bits per heavy atom. The molecule has 1 N–H and O–H groups in total. The van der Waals surface area contributed by atoms with Crippen molar-refractivity contribution in [2.24, 2.45) is 0 Å². The average Bonchev–Trinajstić information content (AvgIpc) is 2.20. The van der Waals surface area contributed by atoms with Crippen molar-refractivity contribution in [3.8, 4) is 0 Å². The zero-order chi connectivity index (χ0) is 11.4. The number of hydrogen-bond donors (Lipinski definition) is 1. The fraction of sp³-hybridized carbons (Fsp3) is 0.300. The van der Waals surface area contributed by atoms with Gasteiger partial charge in [0.25, 0.3) is 0 Å². The van der Waals surface area contributed by atoms with Crippen LogP contribution in [0.3, 0.4) is 0 Å². The van der Waals surface area contributed by atoms with Crippen LogP contribution in [-0.2, 0) is 4.74 Å². The summed E-state index contributed by atoms with van der Waals surface area (Å²) in [7, 11) is 0. The lowest BCUT2D eigenvalue weighted by Crippen LogP contribution is -2.10. The van der Waals surface area contributed by atoms with Gasteiger partial charge in [-0.15, -0.1) is 0 Å². The van der Waals surface area contributed by atoms with Crippen LogP contribution in [0.1, 0.15) is 15.9 Å². The average molecular weight is 233 g/mol. The van der Waals surface area contributed by atoms with Gasteiger partial charge in [0.2, 0.25) is 0 Å². The molecule has 0 bridgehead atoms. The Bertz CT molecular complexity index is 379. The highest BCUT2D eigenvalue weighted by Gasteiger charge is 2.14. The molecule has 1 aromatic rings. The molecule has 0 unspecified atom stereocenters. The molecular weight excluding hydrogens is 223 g/mol. The van der Waals surface area contributed by atoms with Gasteiger partial charge < -0.3 is 9.84 Å². The third-order valence-electron chi connectivity index (χ3n) is 1.79. The second-order valence-corrected chi connectivity index (χ2v) is 3.35. The standard InChI is InChI=1S/C10H10ClFO3/c1-6-4-8(11)7(5-9(6)12)10(14)15-3-2-13/h4-5,13H,2-3H2,1H3. The van der Waals surface area contributed by atoms with Gasteiger partial charge in [-0.2, -0.15) is 0 Å². The van der Waals surface area contributed by atoms with Gasteiger partial charge in [0.1, 0.15) is 12.4 Å². The van der Waals surface area contributed by atoms with E-state index in [4.69, 9.17) is 16.7 Å². The molecular formula is C10H10ClFO3. The zero-order valence-corrected chi connectivity index (χ0v) is 8.84. The number of aliphatic hydroxyl groups is 1. The highest BCUT2D eigenvalue weighted by molar-refractivity contribution is 6.33. The fourth-order valence-electron chi connectivity index (χ4n) is 1.02. The van der Waals surface area contributed by atoms with Crippen LogP contribution in [0.5, 0.6) is 0 Å². The van der Waals surface area contributed by atoms with E-state index in [0.717, 1.165) is 6.07 Å². The number of carbonyl (C=O) groups is 1. The minimum absolute atomic E-state index is 0.0341. The maximum atomic E-state index is 13.1. The van der Waals surface area contributed by atoms with Crippen molar-refractivity contribution in [3.05, 3.63) is 34.1 Å². The molecule has 5 heteroatoms. The molecule has 0 atom stereocenters. The smallest absolute Gasteiger partial charge is 0.339 e. The van der Waals surface area contributed by atoms with E-state index in [1.165, 1.54) is 6.07 Å². The largest absolute Gasteiger partial charge is 0.460 e. The first-order valence-electron chi connectivity index (χ1n) is 4.30. The number of aliphatic hydroxyl groups excluding tert-OH is 1. The Balaban J connectivity index is 2.94. The van der Waals surface area contributed by atoms with Crippen LogP contribution in [0.15, 0.2) is 12.1 Å². The van der Waals surface area contributed by atoms with E-state index in [9.17, 15) is 9.18 Å². The monoisotopic (exact) mass is 232 g/mol. The summed E-state index contributed by atoms with van der Waals surface area (Å²) in [6.07, 6.45) is 0. The van der Waals surface area contributed by atoms with E-state index in [-0.39, 0.29) is 23.8 Å². The highest BCUT2D eigenvalue weighted by Crippen LogP contribution is 2.21. The molecule has 0 aliphatic rings. The second kappa shape index (κ2) is 5.09. The number of carbonyl (C=O) groups excluding carboxylic acids is 1. The van der Waals surface area contributed by atoms with Crippen molar-refractivity contribution in [2.45, 2.75) is 6.92 Å². The Kier molecular flexibility index (Phi) is 4.05. The minimum atomic E-state index is -0.743. The summed E-state index contributed by atoms with van der Waals surface area (Å²) in [6.45, 7) is 1.13. The Morgan fingerprint density at radius 1 is 1.60 bits per heavy atom. The number of esters is 1. The lowest BCUT2D eigenvalue weighted by atomic mass is 10.1. The molecule has 0 saturated carbocycles. The predicted octanol–water partition coefficient (Wildman–Crippen LogP) is 1.94.